The van der Waals surface area contributed by atoms with Crippen LogP contribution in [0.4, 0.5) is 5.69 Å². The first kappa shape index (κ1) is 19.7. The van der Waals surface area contributed by atoms with Crippen LogP contribution in [0, 0.1) is 0 Å². The van der Waals surface area contributed by atoms with Gasteiger partial charge in [0.2, 0.25) is 5.91 Å². The van der Waals surface area contributed by atoms with E-state index in [4.69, 9.17) is 4.74 Å². The molecule has 0 aliphatic carbocycles. The number of anilines is 1. The first-order chi connectivity index (χ1) is 14.7. The number of nitrogens with one attached hydrogen (secondary N) is 1. The van der Waals surface area contributed by atoms with Crippen LogP contribution in [-0.2, 0) is 17.9 Å². The minimum absolute atomic E-state index is 0.134. The van der Waals surface area contributed by atoms with E-state index in [1.54, 1.807) is 17.0 Å². The molecule has 1 heterocycles. The van der Waals surface area contributed by atoms with E-state index in [1.165, 1.54) is 0 Å². The molecular weight excluding hydrogens is 376 g/mol. The normalized spacial score (nSPS) is 13.3. The van der Waals surface area contributed by atoms with Gasteiger partial charge in [-0.2, -0.15) is 0 Å². The second kappa shape index (κ2) is 9.27. The second-order valence-corrected chi connectivity index (χ2v) is 7.30. The number of nitrogens with zero attached hydrogens (tertiary/aromatic N) is 1. The smallest absolute Gasteiger partial charge is 0.251 e. The maximum absolute atomic E-state index is 12.4. The van der Waals surface area contributed by atoms with Crippen LogP contribution in [0.25, 0.3) is 0 Å². The highest BCUT2D eigenvalue weighted by molar-refractivity contribution is 5.97. The topological polar surface area (TPSA) is 58.6 Å². The Morgan fingerprint density at radius 1 is 0.900 bits per heavy atom. The molecule has 1 N–H and O–H groups in total. The fraction of sp³-hybridized carbons (Fsp3) is 0.200. The number of carbonyl (C=O) groups is 2. The third-order valence-corrected chi connectivity index (χ3v) is 5.14. The number of rotatable bonds is 7. The molecule has 5 heteroatoms. The van der Waals surface area contributed by atoms with Crippen molar-refractivity contribution in [2.45, 2.75) is 26.0 Å². The second-order valence-electron chi connectivity index (χ2n) is 7.30. The van der Waals surface area contributed by atoms with Crippen molar-refractivity contribution in [2.75, 3.05) is 11.4 Å². The SMILES string of the molecule is O=C(NCc1ccc(COc2ccccc2)cc1)c1ccc(N2CCCC2=O)cc1. The summed E-state index contributed by atoms with van der Waals surface area (Å²) in [5.74, 6) is 0.851. The molecule has 0 aromatic heterocycles. The van der Waals surface area contributed by atoms with Crippen molar-refractivity contribution in [3.63, 3.8) is 0 Å². The van der Waals surface area contributed by atoms with Gasteiger partial charge in [-0.15, -0.1) is 0 Å². The lowest BCUT2D eigenvalue weighted by molar-refractivity contribution is -0.117. The van der Waals surface area contributed by atoms with Gasteiger partial charge < -0.3 is 15.0 Å². The van der Waals surface area contributed by atoms with Gasteiger partial charge in [0.05, 0.1) is 0 Å². The van der Waals surface area contributed by atoms with Gasteiger partial charge >= 0.3 is 0 Å². The first-order valence-corrected chi connectivity index (χ1v) is 10.1. The summed E-state index contributed by atoms with van der Waals surface area (Å²) < 4.78 is 5.75. The Kier molecular flexibility index (Phi) is 6.09. The van der Waals surface area contributed by atoms with Crippen molar-refractivity contribution < 1.29 is 14.3 Å². The molecule has 0 spiro atoms. The van der Waals surface area contributed by atoms with Crippen LogP contribution in [0.15, 0.2) is 78.9 Å². The minimum Gasteiger partial charge on any atom is -0.489 e. The Bertz CT molecular complexity index is 999. The van der Waals surface area contributed by atoms with E-state index in [2.05, 4.69) is 5.32 Å². The maximum Gasteiger partial charge on any atom is 0.251 e. The summed E-state index contributed by atoms with van der Waals surface area (Å²) in [5.41, 5.74) is 3.52. The van der Waals surface area contributed by atoms with Crippen molar-refractivity contribution in [1.82, 2.24) is 5.32 Å². The van der Waals surface area contributed by atoms with Gasteiger partial charge in [0.1, 0.15) is 12.4 Å². The largest absolute Gasteiger partial charge is 0.489 e. The molecule has 1 aliphatic heterocycles. The highest BCUT2D eigenvalue weighted by Gasteiger charge is 2.21. The van der Waals surface area contributed by atoms with Gasteiger partial charge in [0.15, 0.2) is 0 Å². The summed E-state index contributed by atoms with van der Waals surface area (Å²) in [6.07, 6.45) is 1.48. The van der Waals surface area contributed by atoms with E-state index >= 15 is 0 Å². The predicted octanol–water partition coefficient (Wildman–Crippen LogP) is 4.32. The lowest BCUT2D eigenvalue weighted by Crippen LogP contribution is -2.25. The molecule has 0 bridgehead atoms. The molecular formula is C25H24N2O3. The Labute approximate surface area is 176 Å². The Hall–Kier alpha value is -3.60. The van der Waals surface area contributed by atoms with Crippen LogP contribution in [0.3, 0.4) is 0 Å². The van der Waals surface area contributed by atoms with Gasteiger partial charge in [0, 0.05) is 30.8 Å². The average Bonchev–Trinajstić information content (AvgIpc) is 3.23. The van der Waals surface area contributed by atoms with Crippen molar-refractivity contribution in [3.8, 4) is 5.75 Å². The molecule has 3 aromatic rings. The third kappa shape index (κ3) is 4.87. The van der Waals surface area contributed by atoms with Crippen molar-refractivity contribution in [1.29, 1.82) is 0 Å². The average molecular weight is 400 g/mol. The molecule has 2 amide bonds. The van der Waals surface area contributed by atoms with Gasteiger partial charge in [-0.05, 0) is 53.9 Å². The van der Waals surface area contributed by atoms with Crippen molar-refractivity contribution in [2.24, 2.45) is 0 Å². The summed E-state index contributed by atoms with van der Waals surface area (Å²) >= 11 is 0. The molecule has 3 aromatic carbocycles. The summed E-state index contributed by atoms with van der Waals surface area (Å²) in [6, 6.07) is 24.9. The van der Waals surface area contributed by atoms with E-state index in [-0.39, 0.29) is 11.8 Å². The molecule has 0 atom stereocenters. The highest BCUT2D eigenvalue weighted by atomic mass is 16.5. The van der Waals surface area contributed by atoms with Crippen LogP contribution in [0.2, 0.25) is 0 Å². The van der Waals surface area contributed by atoms with E-state index in [0.29, 0.717) is 25.1 Å². The summed E-state index contributed by atoms with van der Waals surface area (Å²) in [7, 11) is 0. The molecule has 1 saturated heterocycles. The van der Waals surface area contributed by atoms with Gasteiger partial charge in [-0.1, -0.05) is 42.5 Å². The molecule has 0 unspecified atom stereocenters. The first-order valence-electron chi connectivity index (χ1n) is 10.1. The molecule has 1 aliphatic rings. The van der Waals surface area contributed by atoms with Gasteiger partial charge in [0.25, 0.3) is 5.91 Å². The summed E-state index contributed by atoms with van der Waals surface area (Å²) in [5, 5.41) is 2.94. The molecule has 0 saturated carbocycles. The molecule has 0 radical (unpaired) electrons. The van der Waals surface area contributed by atoms with E-state index in [1.807, 2.05) is 66.7 Å². The number of ether oxygens (including phenoxy) is 1. The zero-order chi connectivity index (χ0) is 20.8. The van der Waals surface area contributed by atoms with Crippen molar-refractivity contribution in [3.05, 3.63) is 95.6 Å². The van der Waals surface area contributed by atoms with Crippen LogP contribution >= 0.6 is 0 Å². The highest BCUT2D eigenvalue weighted by Crippen LogP contribution is 2.21. The molecule has 4 rings (SSSR count). The maximum atomic E-state index is 12.4. The van der Waals surface area contributed by atoms with Crippen LogP contribution < -0.4 is 15.0 Å². The number of hydrogen-bond donors (Lipinski definition) is 1. The number of amides is 2. The van der Waals surface area contributed by atoms with Crippen LogP contribution in [0.5, 0.6) is 5.75 Å². The number of para-hydroxylation sites is 1. The fourth-order valence-corrected chi connectivity index (χ4v) is 3.44. The van der Waals surface area contributed by atoms with Crippen LogP contribution in [0.1, 0.15) is 34.3 Å². The number of carbonyl (C=O) groups excluding carboxylic acids is 2. The predicted molar refractivity (Wildman–Crippen MR) is 116 cm³/mol. The molecule has 30 heavy (non-hydrogen) atoms. The summed E-state index contributed by atoms with van der Waals surface area (Å²) in [6.45, 7) is 1.70. The Morgan fingerprint density at radius 3 is 2.27 bits per heavy atom. The standard InChI is InChI=1S/C25H24N2O3/c28-24-7-4-16-27(24)22-14-12-21(13-15-22)25(29)26-17-19-8-10-20(11-9-19)18-30-23-5-2-1-3-6-23/h1-3,5-6,8-15H,4,7,16-18H2,(H,26,29). The quantitative estimate of drug-likeness (QED) is 0.642. The zero-order valence-corrected chi connectivity index (χ0v) is 16.7. The molecule has 1 fully saturated rings. The Balaban J connectivity index is 1.27. The molecule has 152 valence electrons. The lowest BCUT2D eigenvalue weighted by Gasteiger charge is -2.15. The van der Waals surface area contributed by atoms with E-state index in [0.717, 1.165) is 35.5 Å². The Morgan fingerprint density at radius 2 is 1.60 bits per heavy atom. The number of benzene rings is 3. The van der Waals surface area contributed by atoms with E-state index in [9.17, 15) is 9.59 Å². The summed E-state index contributed by atoms with van der Waals surface area (Å²) in [4.78, 5) is 26.0. The fourth-order valence-electron chi connectivity index (χ4n) is 3.44. The monoisotopic (exact) mass is 400 g/mol. The molecule has 5 nitrogen and oxygen atoms in total. The zero-order valence-electron chi connectivity index (χ0n) is 16.7. The lowest BCUT2D eigenvalue weighted by atomic mass is 10.1. The third-order valence-electron chi connectivity index (χ3n) is 5.14. The van der Waals surface area contributed by atoms with Crippen LogP contribution in [-0.4, -0.2) is 18.4 Å². The van der Waals surface area contributed by atoms with E-state index < -0.39 is 0 Å². The minimum atomic E-state index is -0.134. The van der Waals surface area contributed by atoms with Gasteiger partial charge in [-0.3, -0.25) is 9.59 Å². The number of hydrogen-bond acceptors (Lipinski definition) is 3. The van der Waals surface area contributed by atoms with Crippen molar-refractivity contribution >= 4 is 17.5 Å². The van der Waals surface area contributed by atoms with Gasteiger partial charge in [-0.25, -0.2) is 0 Å².